The van der Waals surface area contributed by atoms with E-state index in [-0.39, 0.29) is 0 Å². The topological polar surface area (TPSA) is 20.2 Å². The van der Waals surface area contributed by atoms with E-state index in [9.17, 15) is 5.11 Å². The van der Waals surface area contributed by atoms with Crippen LogP contribution in [0.15, 0.2) is 0 Å². The maximum Gasteiger partial charge on any atom is 0.0492 e. The Morgan fingerprint density at radius 1 is 1.20 bits per heavy atom. The maximum atomic E-state index is 9.84. The molecular formula is C14H26O. The fraction of sp³-hybridized carbons (Fsp3) is 1.00. The summed E-state index contributed by atoms with van der Waals surface area (Å²) in [7, 11) is 0. The molecule has 0 spiro atoms. The Labute approximate surface area is 94.3 Å². The van der Waals surface area contributed by atoms with Gasteiger partial charge < -0.3 is 5.11 Å². The molecule has 0 aromatic heterocycles. The van der Waals surface area contributed by atoms with Gasteiger partial charge in [-0.3, -0.25) is 0 Å². The molecule has 3 atom stereocenters. The van der Waals surface area contributed by atoms with E-state index in [0.29, 0.717) is 12.0 Å². The molecule has 0 amide bonds. The summed E-state index contributed by atoms with van der Waals surface area (Å²) in [5, 5.41) is 9.84. The number of hydrogen-bond acceptors (Lipinski definition) is 1. The summed E-state index contributed by atoms with van der Waals surface area (Å²) in [4.78, 5) is 0. The summed E-state index contributed by atoms with van der Waals surface area (Å²) < 4.78 is 0. The molecule has 0 bridgehead atoms. The first-order valence-corrected chi connectivity index (χ1v) is 6.80. The lowest BCUT2D eigenvalue weighted by molar-refractivity contribution is 0.00235. The van der Waals surface area contributed by atoms with E-state index in [4.69, 9.17) is 0 Å². The van der Waals surface area contributed by atoms with Crippen molar-refractivity contribution in [3.63, 3.8) is 0 Å². The van der Waals surface area contributed by atoms with Crippen molar-refractivity contribution < 1.29 is 5.11 Å². The van der Waals surface area contributed by atoms with Gasteiger partial charge in [0.05, 0.1) is 0 Å². The van der Waals surface area contributed by atoms with Gasteiger partial charge in [0.2, 0.25) is 0 Å². The summed E-state index contributed by atoms with van der Waals surface area (Å²) >= 11 is 0. The Morgan fingerprint density at radius 3 is 2.67 bits per heavy atom. The lowest BCUT2D eigenvalue weighted by atomic mass is 9.63. The van der Waals surface area contributed by atoms with E-state index in [2.05, 4.69) is 13.8 Å². The van der Waals surface area contributed by atoms with Crippen LogP contribution in [0.2, 0.25) is 0 Å². The molecule has 2 fully saturated rings. The highest BCUT2D eigenvalue weighted by atomic mass is 16.3. The van der Waals surface area contributed by atoms with Crippen LogP contribution >= 0.6 is 0 Å². The number of fused-ring (bicyclic) bond motifs is 1. The van der Waals surface area contributed by atoms with Gasteiger partial charge in [0, 0.05) is 6.61 Å². The average Bonchev–Trinajstić information content (AvgIpc) is 2.58. The van der Waals surface area contributed by atoms with Crippen molar-refractivity contribution in [2.45, 2.75) is 58.8 Å². The third kappa shape index (κ3) is 1.95. The van der Waals surface area contributed by atoms with Gasteiger partial charge in [0.25, 0.3) is 0 Å². The molecule has 0 aromatic carbocycles. The highest BCUT2D eigenvalue weighted by Crippen LogP contribution is 2.57. The molecule has 0 aliphatic heterocycles. The Kier molecular flexibility index (Phi) is 3.39. The van der Waals surface area contributed by atoms with Crippen LogP contribution in [-0.4, -0.2) is 11.7 Å². The van der Waals surface area contributed by atoms with E-state index in [1.54, 1.807) is 0 Å². The summed E-state index contributed by atoms with van der Waals surface area (Å²) in [6.45, 7) is 5.09. The van der Waals surface area contributed by atoms with Crippen LogP contribution in [0.3, 0.4) is 0 Å². The lowest BCUT2D eigenvalue weighted by Gasteiger charge is -2.43. The molecule has 1 N–H and O–H groups in total. The highest BCUT2D eigenvalue weighted by molar-refractivity contribution is 4.99. The largest absolute Gasteiger partial charge is 0.396 e. The third-order valence-electron chi connectivity index (χ3n) is 4.98. The average molecular weight is 210 g/mol. The number of aliphatic hydroxyl groups is 1. The zero-order valence-electron chi connectivity index (χ0n) is 10.3. The fourth-order valence-corrected chi connectivity index (χ4v) is 4.25. The van der Waals surface area contributed by atoms with Crippen LogP contribution in [-0.2, 0) is 0 Å². The van der Waals surface area contributed by atoms with E-state index >= 15 is 0 Å². The molecule has 1 nitrogen and oxygen atoms in total. The Balaban J connectivity index is 2.11. The van der Waals surface area contributed by atoms with Gasteiger partial charge in [-0.05, 0) is 55.3 Å². The molecule has 0 saturated heterocycles. The summed E-state index contributed by atoms with van der Waals surface area (Å²) in [6.07, 6.45) is 9.53. The number of hydrogen-bond donors (Lipinski definition) is 1. The van der Waals surface area contributed by atoms with Gasteiger partial charge in [0.1, 0.15) is 0 Å². The SMILES string of the molecule is CC(C)CC1CCC2CCCCC21CO. The molecule has 3 unspecified atom stereocenters. The normalized spacial score (nSPS) is 40.8. The second-order valence-electron chi connectivity index (χ2n) is 6.24. The standard InChI is InChI=1S/C14H26O/c1-11(2)9-13-7-6-12-5-3-4-8-14(12,13)10-15/h11-13,15H,3-10H2,1-2H3. The molecule has 15 heavy (non-hydrogen) atoms. The molecule has 1 heteroatoms. The molecule has 2 aliphatic carbocycles. The van der Waals surface area contributed by atoms with Crippen molar-refractivity contribution in [1.29, 1.82) is 0 Å². The van der Waals surface area contributed by atoms with Gasteiger partial charge in [-0.25, -0.2) is 0 Å². The Morgan fingerprint density at radius 2 is 2.00 bits per heavy atom. The highest BCUT2D eigenvalue weighted by Gasteiger charge is 2.49. The molecule has 88 valence electrons. The van der Waals surface area contributed by atoms with Gasteiger partial charge in [0.15, 0.2) is 0 Å². The first-order valence-electron chi connectivity index (χ1n) is 6.80. The molecule has 2 rings (SSSR count). The van der Waals surface area contributed by atoms with Crippen molar-refractivity contribution in [2.75, 3.05) is 6.61 Å². The van der Waals surface area contributed by atoms with Crippen LogP contribution < -0.4 is 0 Å². The Hall–Kier alpha value is -0.0400. The maximum absolute atomic E-state index is 9.84. The van der Waals surface area contributed by atoms with Crippen molar-refractivity contribution in [3.05, 3.63) is 0 Å². The lowest BCUT2D eigenvalue weighted by Crippen LogP contribution is -2.38. The van der Waals surface area contributed by atoms with E-state index in [1.807, 2.05) is 0 Å². The summed E-state index contributed by atoms with van der Waals surface area (Å²) in [6, 6.07) is 0. The zero-order chi connectivity index (χ0) is 10.9. The van der Waals surface area contributed by atoms with Crippen molar-refractivity contribution >= 4 is 0 Å². The molecule has 2 aliphatic rings. The molecule has 2 saturated carbocycles. The van der Waals surface area contributed by atoms with Crippen LogP contribution in [0, 0.1) is 23.2 Å². The quantitative estimate of drug-likeness (QED) is 0.754. The molecule has 0 radical (unpaired) electrons. The summed E-state index contributed by atoms with van der Waals surface area (Å²) in [5.41, 5.74) is 0.336. The second-order valence-corrected chi connectivity index (χ2v) is 6.24. The van der Waals surface area contributed by atoms with E-state index in [0.717, 1.165) is 17.8 Å². The minimum Gasteiger partial charge on any atom is -0.396 e. The monoisotopic (exact) mass is 210 g/mol. The molecule has 0 aromatic rings. The van der Waals surface area contributed by atoms with Gasteiger partial charge in [-0.2, -0.15) is 0 Å². The predicted octanol–water partition coefficient (Wildman–Crippen LogP) is 3.61. The number of rotatable bonds is 3. The van der Waals surface area contributed by atoms with Crippen LogP contribution in [0.5, 0.6) is 0 Å². The first kappa shape index (κ1) is 11.4. The second kappa shape index (κ2) is 4.45. The minimum atomic E-state index is 0.336. The van der Waals surface area contributed by atoms with Gasteiger partial charge in [-0.15, -0.1) is 0 Å². The molecule has 0 heterocycles. The first-order chi connectivity index (χ1) is 7.19. The van der Waals surface area contributed by atoms with E-state index < -0.39 is 0 Å². The van der Waals surface area contributed by atoms with Gasteiger partial charge in [-0.1, -0.05) is 26.7 Å². The predicted molar refractivity (Wildman–Crippen MR) is 63.7 cm³/mol. The Bertz CT molecular complexity index is 211. The van der Waals surface area contributed by atoms with Crippen molar-refractivity contribution in [1.82, 2.24) is 0 Å². The van der Waals surface area contributed by atoms with Crippen LogP contribution in [0.25, 0.3) is 0 Å². The van der Waals surface area contributed by atoms with Crippen LogP contribution in [0.1, 0.15) is 58.8 Å². The fourth-order valence-electron chi connectivity index (χ4n) is 4.25. The van der Waals surface area contributed by atoms with Crippen molar-refractivity contribution in [3.8, 4) is 0 Å². The zero-order valence-corrected chi connectivity index (χ0v) is 10.3. The van der Waals surface area contributed by atoms with Gasteiger partial charge >= 0.3 is 0 Å². The van der Waals surface area contributed by atoms with Crippen LogP contribution in [0.4, 0.5) is 0 Å². The smallest absolute Gasteiger partial charge is 0.0492 e. The molecular weight excluding hydrogens is 184 g/mol. The minimum absolute atomic E-state index is 0.336. The number of aliphatic hydroxyl groups excluding tert-OH is 1. The summed E-state index contributed by atoms with van der Waals surface area (Å²) in [5.74, 6) is 2.45. The van der Waals surface area contributed by atoms with E-state index in [1.165, 1.54) is 44.9 Å². The third-order valence-corrected chi connectivity index (χ3v) is 4.98. The van der Waals surface area contributed by atoms with Crippen molar-refractivity contribution in [2.24, 2.45) is 23.2 Å².